The van der Waals surface area contributed by atoms with Gasteiger partial charge in [-0.1, -0.05) is 45.0 Å². The van der Waals surface area contributed by atoms with E-state index in [1.807, 2.05) is 22.9 Å². The Morgan fingerprint density at radius 2 is 1.74 bits per heavy atom. The zero-order valence-electron chi connectivity index (χ0n) is 21.9. The first-order valence-corrected chi connectivity index (χ1v) is 12.5. The van der Waals surface area contributed by atoms with E-state index in [4.69, 9.17) is 21.3 Å². The second-order valence-electron chi connectivity index (χ2n) is 10.3. The first kappa shape index (κ1) is 26.8. The van der Waals surface area contributed by atoms with Gasteiger partial charge in [0.25, 0.3) is 0 Å². The quantitative estimate of drug-likeness (QED) is 0.257. The Kier molecular flexibility index (Phi) is 8.02. The first-order valence-electron chi connectivity index (χ1n) is 12.5. The lowest BCUT2D eigenvalue weighted by molar-refractivity contribution is -0.134. The smallest absolute Gasteiger partial charge is 0.311 e. The number of carbonyl (C=O) groups excluding carboxylic acids is 2. The summed E-state index contributed by atoms with van der Waals surface area (Å²) in [5.74, 6) is -0.498. The Bertz CT molecular complexity index is 1390. The molecule has 0 saturated carbocycles. The van der Waals surface area contributed by atoms with Crippen molar-refractivity contribution < 1.29 is 14.3 Å². The monoisotopic (exact) mass is 511 g/mol. The van der Waals surface area contributed by atoms with Crippen LogP contribution in [0.15, 0.2) is 79.1 Å². The number of carbonyl (C=O) groups is 2. The largest absolute Gasteiger partial charge is 0.427 e. The molecule has 0 aliphatic carbocycles. The van der Waals surface area contributed by atoms with Gasteiger partial charge < -0.3 is 16.2 Å². The molecule has 0 fully saturated rings. The average Bonchev–Trinajstić information content (AvgIpc) is 3.33. The van der Waals surface area contributed by atoms with E-state index < -0.39 is 11.9 Å². The van der Waals surface area contributed by atoms with Crippen LogP contribution in [0.2, 0.25) is 0 Å². The summed E-state index contributed by atoms with van der Waals surface area (Å²) in [6.07, 6.45) is 4.45. The third kappa shape index (κ3) is 6.72. The summed E-state index contributed by atoms with van der Waals surface area (Å²) >= 11 is 0. The summed E-state index contributed by atoms with van der Waals surface area (Å²) in [5, 5.41) is 4.81. The highest BCUT2D eigenvalue weighted by Crippen LogP contribution is 2.27. The van der Waals surface area contributed by atoms with Gasteiger partial charge in [-0.05, 0) is 65.4 Å². The molecule has 1 atom stereocenters. The van der Waals surface area contributed by atoms with E-state index in [-0.39, 0.29) is 17.8 Å². The van der Waals surface area contributed by atoms with Crippen LogP contribution in [0.25, 0.3) is 16.9 Å². The minimum absolute atomic E-state index is 0.0526. The van der Waals surface area contributed by atoms with E-state index in [0.717, 1.165) is 28.2 Å². The van der Waals surface area contributed by atoms with Crippen molar-refractivity contribution in [2.45, 2.75) is 51.5 Å². The minimum atomic E-state index is -0.754. The molecule has 0 aliphatic rings. The van der Waals surface area contributed by atoms with E-state index in [1.165, 1.54) is 5.56 Å². The molecule has 0 radical (unpaired) electrons. The predicted molar refractivity (Wildman–Crippen MR) is 147 cm³/mol. The summed E-state index contributed by atoms with van der Waals surface area (Å²) in [5.41, 5.74) is 16.6. The Morgan fingerprint density at radius 1 is 1.03 bits per heavy atom. The van der Waals surface area contributed by atoms with E-state index in [9.17, 15) is 9.59 Å². The number of rotatable bonds is 9. The van der Waals surface area contributed by atoms with Gasteiger partial charge in [0, 0.05) is 24.4 Å². The van der Waals surface area contributed by atoms with Crippen LogP contribution in [0, 0.1) is 0 Å². The number of aromatic nitrogens is 3. The van der Waals surface area contributed by atoms with Crippen molar-refractivity contribution in [2.24, 2.45) is 11.5 Å². The van der Waals surface area contributed by atoms with Crippen LogP contribution in [-0.2, 0) is 27.8 Å². The first-order chi connectivity index (χ1) is 18.1. The number of benzene rings is 2. The topological polar surface area (TPSA) is 126 Å². The number of hydrogen-bond acceptors (Lipinski definition) is 6. The highest BCUT2D eigenvalue weighted by Gasteiger charge is 2.17. The van der Waals surface area contributed by atoms with Gasteiger partial charge in [0.05, 0.1) is 29.5 Å². The lowest BCUT2D eigenvalue weighted by Gasteiger charge is -2.19. The van der Waals surface area contributed by atoms with E-state index in [0.29, 0.717) is 18.6 Å². The number of ether oxygens (including phenoxy) is 1. The highest BCUT2D eigenvalue weighted by molar-refractivity contribution is 5.80. The van der Waals surface area contributed by atoms with Gasteiger partial charge in [0.1, 0.15) is 5.75 Å². The summed E-state index contributed by atoms with van der Waals surface area (Å²) in [6.45, 7) is 6.55. The molecule has 0 spiro atoms. The van der Waals surface area contributed by atoms with E-state index in [1.54, 1.807) is 36.7 Å². The number of nitrogens with two attached hydrogens (primary N) is 2. The summed E-state index contributed by atoms with van der Waals surface area (Å²) in [7, 11) is 0. The lowest BCUT2D eigenvalue weighted by atomic mass is 9.87. The van der Waals surface area contributed by atoms with Crippen molar-refractivity contribution in [3.8, 4) is 22.7 Å². The van der Waals surface area contributed by atoms with Crippen molar-refractivity contribution in [3.05, 3.63) is 95.9 Å². The number of nitrogens with zero attached hydrogens (tertiary/aromatic N) is 3. The molecule has 4 rings (SSSR count). The number of primary amides is 1. The second kappa shape index (κ2) is 11.4. The molecule has 8 heteroatoms. The van der Waals surface area contributed by atoms with E-state index in [2.05, 4.69) is 50.0 Å². The molecule has 2 heterocycles. The third-order valence-electron chi connectivity index (χ3n) is 6.26. The molecule has 0 saturated heterocycles. The Hall–Kier alpha value is -4.30. The molecule has 2 aromatic heterocycles. The second-order valence-corrected chi connectivity index (χ2v) is 10.3. The van der Waals surface area contributed by atoms with Gasteiger partial charge >= 0.3 is 5.97 Å². The van der Waals surface area contributed by atoms with Crippen LogP contribution in [-0.4, -0.2) is 32.7 Å². The Balaban J connectivity index is 1.46. The molecule has 8 nitrogen and oxygen atoms in total. The maximum atomic E-state index is 12.6. The Morgan fingerprint density at radius 3 is 2.34 bits per heavy atom. The fourth-order valence-corrected chi connectivity index (χ4v) is 4.03. The van der Waals surface area contributed by atoms with Gasteiger partial charge in [0.2, 0.25) is 5.91 Å². The van der Waals surface area contributed by atoms with Crippen LogP contribution in [0.1, 0.15) is 44.0 Å². The normalized spacial score (nSPS) is 12.2. The van der Waals surface area contributed by atoms with Crippen LogP contribution in [0.3, 0.4) is 0 Å². The van der Waals surface area contributed by atoms with Gasteiger partial charge in [-0.15, -0.1) is 0 Å². The Labute approximate surface area is 222 Å². The van der Waals surface area contributed by atoms with Gasteiger partial charge in [-0.25, -0.2) is 4.68 Å². The highest BCUT2D eigenvalue weighted by atomic mass is 16.5. The number of amides is 1. The van der Waals surface area contributed by atoms with Crippen molar-refractivity contribution >= 4 is 11.9 Å². The number of aryl methyl sites for hydroxylation is 1. The lowest BCUT2D eigenvalue weighted by Crippen LogP contribution is -2.38. The predicted octanol–water partition coefficient (Wildman–Crippen LogP) is 4.13. The molecule has 38 heavy (non-hydrogen) atoms. The average molecular weight is 512 g/mol. The third-order valence-corrected chi connectivity index (χ3v) is 6.26. The number of hydrogen-bond donors (Lipinski definition) is 2. The molecule has 196 valence electrons. The zero-order valence-corrected chi connectivity index (χ0v) is 21.9. The molecule has 4 aromatic rings. The fourth-order valence-electron chi connectivity index (χ4n) is 4.03. The standard InChI is InChI=1S/C30H33N5O3/c1-30(2,3)22-8-11-24(12-9-22)35-27(21-5-4-16-33-19-21)18-23(34-35)10-15-28(36)38-25-13-6-20(7-14-25)17-26(31)29(32)37/h4-9,11-14,16,18-19,26H,10,15,17,31H2,1-3H3,(H2,32,37)/t26-/m0/s1. The maximum Gasteiger partial charge on any atom is 0.311 e. The van der Waals surface area contributed by atoms with Crippen LogP contribution < -0.4 is 16.2 Å². The van der Waals surface area contributed by atoms with Gasteiger partial charge in [-0.3, -0.25) is 14.6 Å². The van der Waals surface area contributed by atoms with Gasteiger partial charge in [0.15, 0.2) is 0 Å². The molecular formula is C30H33N5O3. The fraction of sp³-hybridized carbons (Fsp3) is 0.267. The SMILES string of the molecule is CC(C)(C)c1ccc(-n2nc(CCC(=O)Oc3ccc(C[C@H](N)C(N)=O)cc3)cc2-c2cccnc2)cc1. The van der Waals surface area contributed by atoms with Crippen molar-refractivity contribution in [2.75, 3.05) is 0 Å². The van der Waals surface area contributed by atoms with E-state index >= 15 is 0 Å². The molecule has 0 aliphatic heterocycles. The molecule has 2 aromatic carbocycles. The van der Waals surface area contributed by atoms with Crippen LogP contribution in [0.5, 0.6) is 5.75 Å². The number of pyridine rings is 1. The zero-order chi connectivity index (χ0) is 27.3. The summed E-state index contributed by atoms with van der Waals surface area (Å²) < 4.78 is 7.38. The molecule has 4 N–H and O–H groups in total. The molecule has 0 unspecified atom stereocenters. The van der Waals surface area contributed by atoms with Crippen LogP contribution in [0.4, 0.5) is 0 Å². The van der Waals surface area contributed by atoms with Crippen molar-refractivity contribution in [1.29, 1.82) is 0 Å². The summed E-state index contributed by atoms with van der Waals surface area (Å²) in [4.78, 5) is 28.0. The summed E-state index contributed by atoms with van der Waals surface area (Å²) in [6, 6.07) is 20.3. The van der Waals surface area contributed by atoms with Gasteiger partial charge in [-0.2, -0.15) is 5.10 Å². The molecular weight excluding hydrogens is 478 g/mol. The van der Waals surface area contributed by atoms with Crippen molar-refractivity contribution in [3.63, 3.8) is 0 Å². The minimum Gasteiger partial charge on any atom is -0.427 e. The maximum absolute atomic E-state index is 12.6. The molecule has 1 amide bonds. The number of esters is 1. The van der Waals surface area contributed by atoms with Crippen LogP contribution >= 0.6 is 0 Å². The molecule has 0 bridgehead atoms. The van der Waals surface area contributed by atoms with Crippen molar-refractivity contribution in [1.82, 2.24) is 14.8 Å².